The third-order valence-corrected chi connectivity index (χ3v) is 8.39. The predicted molar refractivity (Wildman–Crippen MR) is 124 cm³/mol. The number of hydrogen-bond donors (Lipinski definition) is 1. The molecular formula is C24H29N3O4S. The van der Waals surface area contributed by atoms with Crippen LogP contribution in [0, 0.1) is 20.8 Å². The number of carbonyl (C=O) groups excluding carboxylic acids is 2. The molecule has 0 spiro atoms. The molecule has 2 aromatic carbocycles. The molecule has 2 aromatic rings. The minimum atomic E-state index is -3.81. The summed E-state index contributed by atoms with van der Waals surface area (Å²) >= 11 is 0. The number of anilines is 2. The van der Waals surface area contributed by atoms with Crippen LogP contribution in [0.3, 0.4) is 0 Å². The number of sulfonamides is 1. The van der Waals surface area contributed by atoms with Crippen molar-refractivity contribution < 1.29 is 18.0 Å². The standard InChI is InChI=1S/C24H29N3O4S/c1-16-13-17(2)23(18(3)14-16)32(30,31)27-12-5-9-21(27)24(29)25-19-7-4-8-20(15-19)26-11-6-10-22(26)28/h4,7-8,13-15,21H,5-6,9-12H2,1-3H3,(H,25,29). The van der Waals surface area contributed by atoms with Crippen LogP contribution in [-0.4, -0.2) is 43.7 Å². The van der Waals surface area contributed by atoms with Crippen molar-refractivity contribution in [1.29, 1.82) is 0 Å². The van der Waals surface area contributed by atoms with Gasteiger partial charge < -0.3 is 10.2 Å². The Bertz CT molecular complexity index is 1150. The number of benzene rings is 2. The number of aryl methyl sites for hydroxylation is 3. The van der Waals surface area contributed by atoms with Gasteiger partial charge in [-0.15, -0.1) is 0 Å². The summed E-state index contributed by atoms with van der Waals surface area (Å²) in [6.07, 6.45) is 2.45. The molecule has 4 rings (SSSR count). The largest absolute Gasteiger partial charge is 0.325 e. The second-order valence-electron chi connectivity index (χ2n) is 8.69. The topological polar surface area (TPSA) is 86.8 Å². The van der Waals surface area contributed by atoms with Crippen molar-refractivity contribution >= 4 is 33.2 Å². The van der Waals surface area contributed by atoms with Crippen LogP contribution < -0.4 is 10.2 Å². The molecule has 8 heteroatoms. The molecule has 0 radical (unpaired) electrons. The lowest BCUT2D eigenvalue weighted by molar-refractivity contribution is -0.119. The molecule has 2 fully saturated rings. The molecule has 2 saturated heterocycles. The Hall–Kier alpha value is -2.71. The van der Waals surface area contributed by atoms with E-state index in [0.29, 0.717) is 49.2 Å². The number of rotatable bonds is 5. The fraction of sp³-hybridized carbons (Fsp3) is 0.417. The van der Waals surface area contributed by atoms with Gasteiger partial charge >= 0.3 is 0 Å². The lowest BCUT2D eigenvalue weighted by Crippen LogP contribution is -2.43. The zero-order chi connectivity index (χ0) is 23.0. The maximum atomic E-state index is 13.5. The van der Waals surface area contributed by atoms with E-state index in [1.54, 1.807) is 36.9 Å². The summed E-state index contributed by atoms with van der Waals surface area (Å²) in [6.45, 7) is 6.51. The van der Waals surface area contributed by atoms with Crippen LogP contribution in [0.1, 0.15) is 42.4 Å². The SMILES string of the molecule is Cc1cc(C)c(S(=O)(=O)N2CCCC2C(=O)Nc2cccc(N3CCCC3=O)c2)c(C)c1. The van der Waals surface area contributed by atoms with Crippen molar-refractivity contribution in [2.24, 2.45) is 0 Å². The number of nitrogens with zero attached hydrogens (tertiary/aromatic N) is 2. The Labute approximate surface area is 189 Å². The average Bonchev–Trinajstić information content (AvgIpc) is 3.36. The molecule has 2 aliphatic rings. The van der Waals surface area contributed by atoms with Crippen molar-refractivity contribution in [3.63, 3.8) is 0 Å². The smallest absolute Gasteiger partial charge is 0.244 e. The van der Waals surface area contributed by atoms with Crippen LogP contribution in [0.25, 0.3) is 0 Å². The highest BCUT2D eigenvalue weighted by Crippen LogP contribution is 2.31. The van der Waals surface area contributed by atoms with Gasteiger partial charge in [0.05, 0.1) is 4.90 Å². The van der Waals surface area contributed by atoms with Gasteiger partial charge in [-0.05, 0) is 69.4 Å². The van der Waals surface area contributed by atoms with Crippen LogP contribution in [0.2, 0.25) is 0 Å². The summed E-state index contributed by atoms with van der Waals surface area (Å²) in [5, 5.41) is 2.87. The Kier molecular flexibility index (Phi) is 6.09. The number of carbonyl (C=O) groups is 2. The van der Waals surface area contributed by atoms with Gasteiger partial charge in [0.2, 0.25) is 21.8 Å². The van der Waals surface area contributed by atoms with Crippen LogP contribution >= 0.6 is 0 Å². The van der Waals surface area contributed by atoms with Crippen molar-refractivity contribution in [2.75, 3.05) is 23.3 Å². The van der Waals surface area contributed by atoms with Gasteiger partial charge in [0, 0.05) is 30.9 Å². The highest BCUT2D eigenvalue weighted by atomic mass is 32.2. The lowest BCUT2D eigenvalue weighted by Gasteiger charge is -2.25. The summed E-state index contributed by atoms with van der Waals surface area (Å²) in [4.78, 5) is 27.2. The van der Waals surface area contributed by atoms with E-state index >= 15 is 0 Å². The van der Waals surface area contributed by atoms with E-state index in [-0.39, 0.29) is 16.7 Å². The van der Waals surface area contributed by atoms with Crippen molar-refractivity contribution in [3.05, 3.63) is 53.1 Å². The lowest BCUT2D eigenvalue weighted by atomic mass is 10.1. The summed E-state index contributed by atoms with van der Waals surface area (Å²) < 4.78 is 28.4. The van der Waals surface area contributed by atoms with Gasteiger partial charge in [-0.3, -0.25) is 9.59 Å². The summed E-state index contributed by atoms with van der Waals surface area (Å²) in [5.74, 6) is -0.274. The van der Waals surface area contributed by atoms with Crippen molar-refractivity contribution in [2.45, 2.75) is 57.4 Å². The molecule has 0 bridgehead atoms. The molecule has 7 nitrogen and oxygen atoms in total. The molecule has 0 saturated carbocycles. The highest BCUT2D eigenvalue weighted by Gasteiger charge is 2.40. The van der Waals surface area contributed by atoms with Gasteiger partial charge in [0.15, 0.2) is 0 Å². The third kappa shape index (κ3) is 4.17. The van der Waals surface area contributed by atoms with Crippen LogP contribution in [0.4, 0.5) is 11.4 Å². The van der Waals surface area contributed by atoms with E-state index < -0.39 is 16.1 Å². The van der Waals surface area contributed by atoms with E-state index in [1.807, 2.05) is 25.1 Å². The Balaban J connectivity index is 1.57. The summed E-state index contributed by atoms with van der Waals surface area (Å²) in [7, 11) is -3.81. The molecular weight excluding hydrogens is 426 g/mol. The average molecular weight is 456 g/mol. The van der Waals surface area contributed by atoms with E-state index in [4.69, 9.17) is 0 Å². The molecule has 1 N–H and O–H groups in total. The number of hydrogen-bond acceptors (Lipinski definition) is 4. The van der Waals surface area contributed by atoms with Gasteiger partial charge in [0.1, 0.15) is 6.04 Å². The molecule has 170 valence electrons. The maximum absolute atomic E-state index is 13.5. The first-order valence-electron chi connectivity index (χ1n) is 11.0. The van der Waals surface area contributed by atoms with Crippen molar-refractivity contribution in [1.82, 2.24) is 4.31 Å². The Morgan fingerprint density at radius 3 is 2.41 bits per heavy atom. The quantitative estimate of drug-likeness (QED) is 0.747. The van der Waals surface area contributed by atoms with E-state index in [0.717, 1.165) is 17.7 Å². The van der Waals surface area contributed by atoms with Crippen LogP contribution in [0.15, 0.2) is 41.3 Å². The molecule has 2 aliphatic heterocycles. The van der Waals surface area contributed by atoms with Gasteiger partial charge in [-0.1, -0.05) is 23.8 Å². The van der Waals surface area contributed by atoms with Gasteiger partial charge in [0.25, 0.3) is 0 Å². The molecule has 0 aromatic heterocycles. The first kappa shape index (κ1) is 22.5. The minimum Gasteiger partial charge on any atom is -0.325 e. The van der Waals surface area contributed by atoms with E-state index in [9.17, 15) is 18.0 Å². The number of amides is 2. The van der Waals surface area contributed by atoms with Gasteiger partial charge in [-0.2, -0.15) is 4.31 Å². The summed E-state index contributed by atoms with van der Waals surface area (Å²) in [6, 6.07) is 10.1. The second-order valence-corrected chi connectivity index (χ2v) is 10.5. The normalized spacial score (nSPS) is 19.5. The van der Waals surface area contributed by atoms with Gasteiger partial charge in [-0.25, -0.2) is 8.42 Å². The first-order chi connectivity index (χ1) is 15.2. The Morgan fingerprint density at radius 1 is 1.03 bits per heavy atom. The molecule has 32 heavy (non-hydrogen) atoms. The van der Waals surface area contributed by atoms with E-state index in [1.165, 1.54) is 4.31 Å². The predicted octanol–water partition coefficient (Wildman–Crippen LogP) is 3.53. The van der Waals surface area contributed by atoms with Crippen molar-refractivity contribution in [3.8, 4) is 0 Å². The first-order valence-corrected chi connectivity index (χ1v) is 12.4. The zero-order valence-electron chi connectivity index (χ0n) is 18.7. The minimum absolute atomic E-state index is 0.0744. The second kappa shape index (κ2) is 8.67. The van der Waals surface area contributed by atoms with Crippen LogP contribution in [0.5, 0.6) is 0 Å². The Morgan fingerprint density at radius 2 is 1.75 bits per heavy atom. The molecule has 0 aliphatic carbocycles. The molecule has 2 heterocycles. The fourth-order valence-corrected chi connectivity index (χ4v) is 6.95. The molecule has 1 unspecified atom stereocenters. The maximum Gasteiger partial charge on any atom is 0.244 e. The monoisotopic (exact) mass is 455 g/mol. The molecule has 1 atom stereocenters. The highest BCUT2D eigenvalue weighted by molar-refractivity contribution is 7.89. The fourth-order valence-electron chi connectivity index (χ4n) is 4.88. The third-order valence-electron chi connectivity index (χ3n) is 6.18. The summed E-state index contributed by atoms with van der Waals surface area (Å²) in [5.41, 5.74) is 3.69. The number of nitrogens with one attached hydrogen (secondary N) is 1. The molecule has 2 amide bonds. The van der Waals surface area contributed by atoms with E-state index in [2.05, 4.69) is 5.32 Å². The zero-order valence-corrected chi connectivity index (χ0v) is 19.5. The van der Waals surface area contributed by atoms with Crippen LogP contribution in [-0.2, 0) is 19.6 Å².